The molecule has 2 saturated heterocycles. The zero-order valence-electron chi connectivity index (χ0n) is 42.0. The van der Waals surface area contributed by atoms with E-state index in [-0.39, 0.29) is 29.6 Å². The third-order valence-corrected chi connectivity index (χ3v) is 20.7. The fourth-order valence-electron chi connectivity index (χ4n) is 10.6. The van der Waals surface area contributed by atoms with Crippen LogP contribution in [0.1, 0.15) is 39.6 Å². The zero-order valence-corrected chi connectivity index (χ0v) is 44.6. The number of esters is 1. The summed E-state index contributed by atoms with van der Waals surface area (Å²) in [4.78, 5) is 57.2. The van der Waals surface area contributed by atoms with Gasteiger partial charge in [0.15, 0.2) is 16.9 Å². The first-order valence-corrected chi connectivity index (χ1v) is 29.1. The zero-order chi connectivity index (χ0) is 52.7. The maximum Gasteiger partial charge on any atom is 0.319 e. The highest BCUT2D eigenvalue weighted by molar-refractivity contribution is 8.00. The number of oxime groups is 1. The topological polar surface area (TPSA) is 122 Å². The minimum Gasteiger partial charge on any atom is -0.452 e. The van der Waals surface area contributed by atoms with E-state index in [1.54, 1.807) is 10.3 Å². The van der Waals surface area contributed by atoms with Crippen molar-refractivity contribution in [3.05, 3.63) is 282 Å². The molecule has 0 spiro atoms. The molecule has 77 heavy (non-hydrogen) atoms. The number of anilines is 1. The maximum absolute atomic E-state index is 15.8. The molecule has 8 aromatic carbocycles. The summed E-state index contributed by atoms with van der Waals surface area (Å²) >= 11 is 2.78. The Hall–Kier alpha value is -8.28. The van der Waals surface area contributed by atoms with Gasteiger partial charge in [0.2, 0.25) is 5.91 Å². The third kappa shape index (κ3) is 9.92. The van der Waals surface area contributed by atoms with Gasteiger partial charge in [0.05, 0.1) is 0 Å². The molecule has 9 aromatic rings. The molecule has 2 unspecified atom stereocenters. The van der Waals surface area contributed by atoms with Gasteiger partial charge in [0.1, 0.15) is 35.2 Å². The number of carbonyl (C=O) groups excluding carboxylic acids is 3. The first kappa shape index (κ1) is 50.9. The van der Waals surface area contributed by atoms with Gasteiger partial charge in [0.25, 0.3) is 5.91 Å². The molecule has 10 nitrogen and oxygen atoms in total. The lowest BCUT2D eigenvalue weighted by Crippen LogP contribution is -2.74. The van der Waals surface area contributed by atoms with Crippen molar-refractivity contribution in [2.24, 2.45) is 10.6 Å². The number of thiazole rings is 1. The van der Waals surface area contributed by atoms with Gasteiger partial charge in [-0.15, -0.1) is 23.1 Å². The van der Waals surface area contributed by atoms with E-state index in [1.807, 2.05) is 170 Å². The van der Waals surface area contributed by atoms with Gasteiger partial charge in [-0.05, 0) is 50.6 Å². The Bertz CT molecular complexity index is 3320. The number of benzene rings is 8. The molecular formula is C64H54N5O5PS2. The Morgan fingerprint density at radius 2 is 1.09 bits per heavy atom. The monoisotopic (exact) mass is 1070 g/mol. The number of aromatic nitrogens is 1. The van der Waals surface area contributed by atoms with Gasteiger partial charge >= 0.3 is 5.97 Å². The lowest BCUT2D eigenvalue weighted by molar-refractivity contribution is -0.160. The number of β-lactam (4-membered cyclic amide) rings is 1. The molecule has 11 rings (SSSR count). The summed E-state index contributed by atoms with van der Waals surface area (Å²) in [6.45, 7) is -2.80. The number of nitrogens with zero attached hydrogens (tertiary/aromatic N) is 3. The van der Waals surface area contributed by atoms with Crippen LogP contribution >= 0.6 is 30.0 Å². The van der Waals surface area contributed by atoms with Gasteiger partial charge in [-0.25, -0.2) is 4.98 Å². The molecule has 2 fully saturated rings. The van der Waals surface area contributed by atoms with Crippen molar-refractivity contribution in [3.8, 4) is 0 Å². The molecule has 2 N–H and O–H groups in total. The van der Waals surface area contributed by atoms with E-state index in [9.17, 15) is 9.59 Å². The Morgan fingerprint density at radius 3 is 1.53 bits per heavy atom. The second-order valence-electron chi connectivity index (χ2n) is 18.9. The van der Waals surface area contributed by atoms with Crippen LogP contribution in [-0.2, 0) is 29.5 Å². The molecule has 0 radical (unpaired) electrons. The van der Waals surface area contributed by atoms with E-state index in [4.69, 9.17) is 14.6 Å². The second kappa shape index (κ2) is 22.5. The summed E-state index contributed by atoms with van der Waals surface area (Å²) < 4.78 is 6.85. The van der Waals surface area contributed by atoms with Crippen LogP contribution in [0, 0.1) is 5.41 Å². The van der Waals surface area contributed by atoms with Crippen molar-refractivity contribution in [3.63, 3.8) is 0 Å². The number of fused-ring (bicyclic) bond motifs is 1. The standard InChI is InChI=1S/C64H54N5O5PS2/c1-73-68-55(54-42-76-62(65-54)67-64(48-30-14-4-15-31-48,49-32-16-5-17-33-49)50-34-18-6-19-35-50)58(70)66-56-59(71)69-43-63(45-77-60(56)69,61(72)74-57(46-26-10-2-11-27-46)47-28-12-3-13-29-47)44-75(51-36-20-7-21-37-51,52-38-22-8-23-39-52)53-40-24-9-25-41-53/h2-42,44,56-57,60H,43,45H2,1H3,(H,65,67)(H,66,70)/t56?,60-,63?/m1/s1. The number of thioether (sulfide) groups is 1. The van der Waals surface area contributed by atoms with Gasteiger partial charge < -0.3 is 25.1 Å². The highest BCUT2D eigenvalue weighted by atomic mass is 32.2. The fourth-order valence-corrected chi connectivity index (χ4v) is 17.2. The molecule has 2 aliphatic heterocycles. The van der Waals surface area contributed by atoms with E-state index < -0.39 is 47.2 Å². The predicted octanol–water partition coefficient (Wildman–Crippen LogP) is 10.4. The third-order valence-electron chi connectivity index (χ3n) is 14.2. The first-order chi connectivity index (χ1) is 37.8. The molecule has 382 valence electrons. The number of carbonyl (C=O) groups is 3. The van der Waals surface area contributed by atoms with Crippen LogP contribution in [0.5, 0.6) is 0 Å². The van der Waals surface area contributed by atoms with Crippen LogP contribution in [0.4, 0.5) is 5.13 Å². The largest absolute Gasteiger partial charge is 0.452 e. The maximum atomic E-state index is 15.8. The molecule has 0 bridgehead atoms. The van der Waals surface area contributed by atoms with Gasteiger partial charge in [0, 0.05) is 17.7 Å². The number of ether oxygens (including phenoxy) is 1. The Labute approximate surface area is 456 Å². The van der Waals surface area contributed by atoms with Crippen LogP contribution < -0.4 is 26.5 Å². The molecule has 2 aliphatic rings. The minimum absolute atomic E-state index is 0.0192. The molecule has 0 aliphatic carbocycles. The van der Waals surface area contributed by atoms with Crippen molar-refractivity contribution in [1.29, 1.82) is 0 Å². The number of rotatable bonds is 17. The molecular weight excluding hydrogens is 1010 g/mol. The van der Waals surface area contributed by atoms with Crippen molar-refractivity contribution >= 4 is 80.3 Å². The Balaban J connectivity index is 0.934. The highest BCUT2D eigenvalue weighted by Gasteiger charge is 2.58. The Morgan fingerprint density at radius 1 is 0.662 bits per heavy atom. The quantitative estimate of drug-likeness (QED) is 0.0231. The average molecular weight is 1070 g/mol. The smallest absolute Gasteiger partial charge is 0.319 e. The van der Waals surface area contributed by atoms with E-state index in [2.05, 4.69) is 94.4 Å². The molecule has 2 amide bonds. The van der Waals surface area contributed by atoms with Gasteiger partial charge in [-0.2, -0.15) is 0 Å². The molecule has 1 aromatic heterocycles. The fraction of sp³-hybridized carbons (Fsp3) is 0.125. The average Bonchev–Trinajstić information content (AvgIpc) is 4.07. The van der Waals surface area contributed by atoms with E-state index in [0.29, 0.717) is 5.13 Å². The molecule has 3 atom stereocenters. The molecule has 3 heterocycles. The van der Waals surface area contributed by atoms with Crippen molar-refractivity contribution in [1.82, 2.24) is 15.2 Å². The van der Waals surface area contributed by atoms with Gasteiger partial charge in [-0.1, -0.05) is 254 Å². The number of nitrogens with one attached hydrogen (secondary N) is 2. The van der Waals surface area contributed by atoms with E-state index >= 15 is 4.79 Å². The van der Waals surface area contributed by atoms with E-state index in [1.165, 1.54) is 30.2 Å². The van der Waals surface area contributed by atoms with Crippen LogP contribution in [0.25, 0.3) is 0 Å². The number of hydrogen-bond acceptors (Lipinski definition) is 10. The van der Waals surface area contributed by atoms with Crippen LogP contribution in [0.3, 0.4) is 0 Å². The SMILES string of the molecule is CON=C(C(=O)NC1C(=O)N2CC(C=P(c3ccccc3)(c3ccccc3)c3ccccc3)(C(=O)OC(c3ccccc3)c3ccccc3)CS[C@H]12)c1csc(NC(c2ccccc2)(c2ccccc2)c2ccccc2)n1. The summed E-state index contributed by atoms with van der Waals surface area (Å²) in [7, 11) is 1.37. The van der Waals surface area contributed by atoms with Crippen molar-refractivity contribution in [2.45, 2.75) is 23.1 Å². The number of hydrogen-bond donors (Lipinski definition) is 2. The second-order valence-corrected chi connectivity index (χ2v) is 24.1. The lowest BCUT2D eigenvalue weighted by Gasteiger charge is -2.54. The van der Waals surface area contributed by atoms with Crippen molar-refractivity contribution < 1.29 is 24.0 Å². The summed E-state index contributed by atoms with van der Waals surface area (Å²) in [5, 5.41) is 15.9. The van der Waals surface area contributed by atoms with Crippen LogP contribution in [0.2, 0.25) is 0 Å². The van der Waals surface area contributed by atoms with E-state index in [0.717, 1.165) is 43.7 Å². The molecule has 0 saturated carbocycles. The van der Waals surface area contributed by atoms with Crippen LogP contribution in [0.15, 0.2) is 253 Å². The van der Waals surface area contributed by atoms with Crippen molar-refractivity contribution in [2.75, 3.05) is 24.7 Å². The molecule has 13 heteroatoms. The summed E-state index contributed by atoms with van der Waals surface area (Å²) in [5.41, 5.74) is 2.59. The summed E-state index contributed by atoms with van der Waals surface area (Å²) in [5.74, 6) is 1.08. The predicted molar refractivity (Wildman–Crippen MR) is 313 cm³/mol. The highest BCUT2D eigenvalue weighted by Crippen LogP contribution is 2.51. The number of amides is 2. The minimum atomic E-state index is -2.81. The lowest BCUT2D eigenvalue weighted by atomic mass is 9.77. The van der Waals surface area contributed by atoms with Crippen LogP contribution in [-0.4, -0.2) is 70.0 Å². The van der Waals surface area contributed by atoms with Gasteiger partial charge in [-0.3, -0.25) is 14.4 Å². The Kier molecular flexibility index (Phi) is 14.9. The summed E-state index contributed by atoms with van der Waals surface area (Å²) in [6.07, 6.45) is -0.735. The summed E-state index contributed by atoms with van der Waals surface area (Å²) in [6, 6.07) is 80.1. The first-order valence-electron chi connectivity index (χ1n) is 25.3. The normalized spacial score (nSPS) is 17.4.